The zero-order valence-corrected chi connectivity index (χ0v) is 40.0. The number of rotatable bonds is 47. The van der Waals surface area contributed by atoms with Crippen LogP contribution >= 0.6 is 0 Å². The summed E-state index contributed by atoms with van der Waals surface area (Å²) >= 11 is 0. The normalized spacial score (nSPS) is 12.2. The quantitative estimate of drug-likeness (QED) is 0.0200. The van der Waals surface area contributed by atoms with Gasteiger partial charge in [0.05, 0.1) is 0 Å². The summed E-state index contributed by atoms with van der Waals surface area (Å²) in [6.45, 7) is 6.57. The number of carbonyl (C=O) groups excluding carboxylic acids is 3. The maximum atomic E-state index is 12.8. The molecule has 0 aromatic heterocycles. The first-order valence-electron chi connectivity index (χ1n) is 26.0. The Kier molecular flexibility index (Phi) is 47.3. The average Bonchev–Trinajstić information content (AvgIpc) is 3.24. The van der Waals surface area contributed by atoms with Crippen LogP contribution in [0, 0.1) is 0 Å². The van der Waals surface area contributed by atoms with Crippen LogP contribution in [0.3, 0.4) is 0 Å². The predicted molar refractivity (Wildman–Crippen MR) is 256 cm³/mol. The second-order valence-corrected chi connectivity index (χ2v) is 17.5. The number of carbonyl (C=O) groups is 3. The molecular weight excluding hydrogens is 745 g/mol. The van der Waals surface area contributed by atoms with Crippen molar-refractivity contribution in [3.8, 4) is 0 Å². The minimum absolute atomic E-state index is 0.0884. The molecule has 0 heterocycles. The molecule has 0 N–H and O–H groups in total. The highest BCUT2D eigenvalue weighted by Gasteiger charge is 2.19. The van der Waals surface area contributed by atoms with Gasteiger partial charge in [0.15, 0.2) is 6.10 Å². The van der Waals surface area contributed by atoms with Crippen molar-refractivity contribution in [3.63, 3.8) is 0 Å². The molecule has 0 spiro atoms. The Bertz CT molecular complexity index is 1020. The molecule has 0 amide bonds. The molecule has 1 atom stereocenters. The van der Waals surface area contributed by atoms with Gasteiger partial charge in [0, 0.05) is 19.3 Å². The van der Waals surface area contributed by atoms with E-state index in [1.54, 1.807) is 0 Å². The fourth-order valence-corrected chi connectivity index (χ4v) is 7.44. The van der Waals surface area contributed by atoms with E-state index in [4.69, 9.17) is 14.2 Å². The molecule has 0 fully saturated rings. The highest BCUT2D eigenvalue weighted by molar-refractivity contribution is 5.71. The Morgan fingerprint density at radius 1 is 0.333 bits per heavy atom. The van der Waals surface area contributed by atoms with Gasteiger partial charge in [-0.2, -0.15) is 0 Å². The van der Waals surface area contributed by atoms with E-state index in [-0.39, 0.29) is 31.1 Å². The first kappa shape index (κ1) is 57.6. The maximum Gasteiger partial charge on any atom is 0.306 e. The van der Waals surface area contributed by atoms with Crippen molar-refractivity contribution in [2.45, 2.75) is 277 Å². The van der Waals surface area contributed by atoms with E-state index in [2.05, 4.69) is 57.2 Å². The largest absolute Gasteiger partial charge is 0.462 e. The van der Waals surface area contributed by atoms with Gasteiger partial charge in [-0.3, -0.25) is 14.4 Å². The van der Waals surface area contributed by atoms with Gasteiger partial charge in [-0.25, -0.2) is 0 Å². The van der Waals surface area contributed by atoms with E-state index in [0.717, 1.165) is 64.2 Å². The van der Waals surface area contributed by atoms with Crippen LogP contribution in [0.4, 0.5) is 0 Å². The van der Waals surface area contributed by atoms with E-state index in [0.29, 0.717) is 25.7 Å². The first-order valence-corrected chi connectivity index (χ1v) is 26.0. The summed E-state index contributed by atoms with van der Waals surface area (Å²) in [5, 5.41) is 0. The van der Waals surface area contributed by atoms with Gasteiger partial charge in [-0.05, 0) is 64.2 Å². The molecule has 6 nitrogen and oxygen atoms in total. The second kappa shape index (κ2) is 49.3. The summed E-state index contributed by atoms with van der Waals surface area (Å²) in [6, 6.07) is 0. The van der Waals surface area contributed by atoms with Crippen LogP contribution in [-0.2, 0) is 28.6 Å². The Morgan fingerprint density at radius 2 is 0.617 bits per heavy atom. The lowest BCUT2D eigenvalue weighted by Gasteiger charge is -2.18. The van der Waals surface area contributed by atoms with Crippen LogP contribution in [0.15, 0.2) is 36.5 Å². The first-order chi connectivity index (χ1) is 29.5. The van der Waals surface area contributed by atoms with Crippen molar-refractivity contribution in [1.29, 1.82) is 0 Å². The van der Waals surface area contributed by atoms with Crippen LogP contribution in [-0.4, -0.2) is 37.2 Å². The average molecular weight is 843 g/mol. The van der Waals surface area contributed by atoms with Gasteiger partial charge in [-0.1, -0.05) is 224 Å². The number of hydrogen-bond donors (Lipinski definition) is 0. The minimum Gasteiger partial charge on any atom is -0.462 e. The number of esters is 3. The zero-order valence-electron chi connectivity index (χ0n) is 40.0. The summed E-state index contributed by atoms with van der Waals surface area (Å²) in [4.78, 5) is 37.8. The van der Waals surface area contributed by atoms with Crippen LogP contribution in [0.5, 0.6) is 0 Å². The van der Waals surface area contributed by atoms with E-state index >= 15 is 0 Å². The molecule has 0 saturated heterocycles. The lowest BCUT2D eigenvalue weighted by molar-refractivity contribution is -0.167. The molecule has 6 heteroatoms. The third-order valence-corrected chi connectivity index (χ3v) is 11.4. The summed E-state index contributed by atoms with van der Waals surface area (Å²) in [5.74, 6) is -0.943. The molecule has 0 aliphatic heterocycles. The minimum atomic E-state index is -0.792. The van der Waals surface area contributed by atoms with Crippen molar-refractivity contribution in [2.24, 2.45) is 0 Å². The number of hydrogen-bond acceptors (Lipinski definition) is 6. The summed E-state index contributed by atoms with van der Waals surface area (Å²) in [6.07, 6.45) is 57.2. The molecule has 0 saturated carbocycles. The van der Waals surface area contributed by atoms with Crippen LogP contribution in [0.1, 0.15) is 271 Å². The van der Waals surface area contributed by atoms with E-state index in [9.17, 15) is 14.4 Å². The van der Waals surface area contributed by atoms with Crippen molar-refractivity contribution in [2.75, 3.05) is 13.2 Å². The Morgan fingerprint density at radius 3 is 1.03 bits per heavy atom. The number of unbranched alkanes of at least 4 members (excludes halogenated alkanes) is 31. The van der Waals surface area contributed by atoms with Gasteiger partial charge < -0.3 is 14.2 Å². The van der Waals surface area contributed by atoms with E-state index in [1.165, 1.54) is 161 Å². The molecule has 1 unspecified atom stereocenters. The summed E-state index contributed by atoms with van der Waals surface area (Å²) in [5.41, 5.74) is 0. The molecule has 0 bridgehead atoms. The molecule has 0 radical (unpaired) electrons. The standard InChI is InChI=1S/C54H98O6/c1-4-7-10-13-16-19-21-23-25-27-29-30-32-35-38-41-44-47-53(56)59-50-51(49-58-52(55)46-43-40-37-34-18-15-12-9-6-3)60-54(57)48-45-42-39-36-33-31-28-26-24-22-20-17-14-11-8-5-2/h26,28,31,33-34,37,51H,4-25,27,29-30,32,35-36,38-50H2,1-3H3/b28-26-,33-31-,37-34-. The topological polar surface area (TPSA) is 78.9 Å². The van der Waals surface area contributed by atoms with Gasteiger partial charge >= 0.3 is 17.9 Å². The molecule has 0 aliphatic carbocycles. The lowest BCUT2D eigenvalue weighted by atomic mass is 10.0. The van der Waals surface area contributed by atoms with E-state index in [1.807, 2.05) is 0 Å². The smallest absolute Gasteiger partial charge is 0.306 e. The van der Waals surface area contributed by atoms with Crippen LogP contribution in [0.25, 0.3) is 0 Å². The maximum absolute atomic E-state index is 12.8. The van der Waals surface area contributed by atoms with Gasteiger partial charge in [-0.15, -0.1) is 0 Å². The Labute approximate surface area is 372 Å². The van der Waals surface area contributed by atoms with Crippen LogP contribution < -0.4 is 0 Å². The zero-order chi connectivity index (χ0) is 43.7. The third kappa shape index (κ3) is 46.7. The monoisotopic (exact) mass is 843 g/mol. The second-order valence-electron chi connectivity index (χ2n) is 17.5. The molecule has 0 aromatic rings. The summed E-state index contributed by atoms with van der Waals surface area (Å²) < 4.78 is 16.7. The Balaban J connectivity index is 4.34. The molecule has 0 aliphatic rings. The molecule has 350 valence electrons. The van der Waals surface area contributed by atoms with Crippen molar-refractivity contribution < 1.29 is 28.6 Å². The molecular formula is C54H98O6. The van der Waals surface area contributed by atoms with Crippen molar-refractivity contribution >= 4 is 17.9 Å². The lowest BCUT2D eigenvalue weighted by Crippen LogP contribution is -2.30. The highest BCUT2D eigenvalue weighted by Crippen LogP contribution is 2.15. The van der Waals surface area contributed by atoms with Gasteiger partial charge in [0.25, 0.3) is 0 Å². The van der Waals surface area contributed by atoms with Crippen molar-refractivity contribution in [3.05, 3.63) is 36.5 Å². The number of allylic oxidation sites excluding steroid dienone is 6. The fraction of sp³-hybridized carbons (Fsp3) is 0.833. The van der Waals surface area contributed by atoms with Gasteiger partial charge in [0.2, 0.25) is 0 Å². The fourth-order valence-electron chi connectivity index (χ4n) is 7.44. The Hall–Kier alpha value is -2.37. The van der Waals surface area contributed by atoms with Crippen molar-refractivity contribution in [1.82, 2.24) is 0 Å². The molecule has 0 rings (SSSR count). The number of ether oxygens (including phenoxy) is 3. The molecule has 0 aromatic carbocycles. The molecule has 60 heavy (non-hydrogen) atoms. The highest BCUT2D eigenvalue weighted by atomic mass is 16.6. The van der Waals surface area contributed by atoms with Gasteiger partial charge in [0.1, 0.15) is 13.2 Å². The predicted octanol–water partition coefficient (Wildman–Crippen LogP) is 16.9. The van der Waals surface area contributed by atoms with E-state index < -0.39 is 6.10 Å². The van der Waals surface area contributed by atoms with Crippen LogP contribution in [0.2, 0.25) is 0 Å². The summed E-state index contributed by atoms with van der Waals surface area (Å²) in [7, 11) is 0. The SMILES string of the molecule is CCCCCC/C=C\CCCC(=O)OCC(COC(=O)CCCCCCCCCCCCCCCCCCC)OC(=O)CCCCC/C=C\C=C/CCCCCCCCC. The third-order valence-electron chi connectivity index (χ3n) is 11.4.